The summed E-state index contributed by atoms with van der Waals surface area (Å²) in [5, 5.41) is 3.55. The Kier molecular flexibility index (Phi) is 11.7. The highest BCUT2D eigenvalue weighted by Gasteiger charge is 1.96. The molecule has 16 heavy (non-hydrogen) atoms. The predicted molar refractivity (Wildman–Crippen MR) is 70.8 cm³/mol. The van der Waals surface area contributed by atoms with Crippen molar-refractivity contribution in [3.63, 3.8) is 0 Å². The number of unbranched alkanes of at least 4 members (excludes halogenated alkanes) is 8. The number of hydrazine groups is 1. The van der Waals surface area contributed by atoms with Crippen LogP contribution in [0.25, 0.3) is 0 Å². The minimum Gasteiger partial charge on any atom is -0.322 e. The topological polar surface area (TPSA) is 76.4 Å². The van der Waals surface area contributed by atoms with Crippen molar-refractivity contribution in [3.8, 4) is 0 Å². The van der Waals surface area contributed by atoms with Gasteiger partial charge in [0.15, 0.2) is 0 Å². The Morgan fingerprint density at radius 3 is 1.88 bits per heavy atom. The number of nitrogens with one attached hydrogen (secondary N) is 1. The maximum absolute atomic E-state index is 5.23. The maximum atomic E-state index is 5.23. The first-order chi connectivity index (χ1) is 7.85. The summed E-state index contributed by atoms with van der Waals surface area (Å²) < 4.78 is 0. The van der Waals surface area contributed by atoms with Gasteiger partial charge in [0.05, 0.1) is 0 Å². The van der Waals surface area contributed by atoms with E-state index in [1.807, 2.05) is 0 Å². The molecule has 0 bridgehead atoms. The van der Waals surface area contributed by atoms with Crippen molar-refractivity contribution in [2.45, 2.75) is 71.1 Å². The van der Waals surface area contributed by atoms with Gasteiger partial charge in [0.25, 0.3) is 0 Å². The fraction of sp³-hybridized carbons (Fsp3) is 0.917. The second kappa shape index (κ2) is 12.3. The highest BCUT2D eigenvalue weighted by molar-refractivity contribution is 5.81. The van der Waals surface area contributed by atoms with Crippen LogP contribution in [0.15, 0.2) is 5.10 Å². The summed E-state index contributed by atoms with van der Waals surface area (Å²) in [4.78, 5) is 0. The summed E-state index contributed by atoms with van der Waals surface area (Å²) in [5.41, 5.74) is 2.50. The summed E-state index contributed by atoms with van der Waals surface area (Å²) in [6.07, 6.45) is 12.8. The van der Waals surface area contributed by atoms with Gasteiger partial charge in [-0.1, -0.05) is 58.3 Å². The summed E-state index contributed by atoms with van der Waals surface area (Å²) in [7, 11) is 0. The van der Waals surface area contributed by atoms with Crippen LogP contribution in [0.3, 0.4) is 0 Å². The molecule has 0 amide bonds. The minimum atomic E-state index is 0.697. The molecule has 0 radical (unpaired) electrons. The molecule has 0 aliphatic rings. The lowest BCUT2D eigenvalue weighted by Gasteiger charge is -2.04. The number of hydrogen-bond acceptors (Lipinski definition) is 3. The number of hydrazone groups is 1. The highest BCUT2D eigenvalue weighted by Crippen LogP contribution is 2.10. The zero-order chi connectivity index (χ0) is 12.1. The Labute approximate surface area is 99.8 Å². The third kappa shape index (κ3) is 9.77. The van der Waals surface area contributed by atoms with Crippen molar-refractivity contribution >= 4 is 5.84 Å². The number of rotatable bonds is 10. The first-order valence-corrected chi connectivity index (χ1v) is 6.58. The molecule has 0 aliphatic carbocycles. The summed E-state index contributed by atoms with van der Waals surface area (Å²) in [6.45, 7) is 2.25. The van der Waals surface area contributed by atoms with Gasteiger partial charge in [-0.2, -0.15) is 5.10 Å². The van der Waals surface area contributed by atoms with Crippen LogP contribution in [0.2, 0.25) is 0 Å². The van der Waals surface area contributed by atoms with Crippen molar-refractivity contribution in [1.29, 1.82) is 0 Å². The van der Waals surface area contributed by atoms with Crippen LogP contribution in [0, 0.1) is 0 Å². The molecule has 0 aliphatic heterocycles. The Morgan fingerprint density at radius 1 is 0.938 bits per heavy atom. The van der Waals surface area contributed by atoms with E-state index in [4.69, 9.17) is 11.7 Å². The van der Waals surface area contributed by atoms with E-state index in [2.05, 4.69) is 17.5 Å². The molecule has 0 unspecified atom stereocenters. The molecule has 0 saturated heterocycles. The second-order valence-electron chi connectivity index (χ2n) is 4.30. The third-order valence-electron chi connectivity index (χ3n) is 2.84. The van der Waals surface area contributed by atoms with E-state index in [0.717, 1.165) is 12.8 Å². The number of nitrogens with zero attached hydrogens (tertiary/aromatic N) is 1. The molecule has 0 atom stereocenters. The van der Waals surface area contributed by atoms with Crippen LogP contribution in [0.5, 0.6) is 0 Å². The van der Waals surface area contributed by atoms with Gasteiger partial charge in [-0.15, -0.1) is 0 Å². The zero-order valence-electron chi connectivity index (χ0n) is 10.7. The van der Waals surface area contributed by atoms with Gasteiger partial charge in [0.2, 0.25) is 0 Å². The second-order valence-corrected chi connectivity index (χ2v) is 4.30. The number of amidine groups is 1. The lowest BCUT2D eigenvalue weighted by molar-refractivity contribution is 0.567. The van der Waals surface area contributed by atoms with Crippen molar-refractivity contribution in [1.82, 2.24) is 5.43 Å². The molecular formula is C12H28N4. The molecule has 4 nitrogen and oxygen atoms in total. The van der Waals surface area contributed by atoms with Gasteiger partial charge in [0, 0.05) is 6.42 Å². The van der Waals surface area contributed by atoms with E-state index in [1.165, 1.54) is 51.4 Å². The first-order valence-electron chi connectivity index (χ1n) is 6.58. The van der Waals surface area contributed by atoms with Gasteiger partial charge >= 0.3 is 0 Å². The molecule has 0 rings (SSSR count). The van der Waals surface area contributed by atoms with Crippen LogP contribution >= 0.6 is 0 Å². The monoisotopic (exact) mass is 228 g/mol. The molecule has 0 aromatic rings. The van der Waals surface area contributed by atoms with Crippen LogP contribution in [-0.4, -0.2) is 5.84 Å². The van der Waals surface area contributed by atoms with Crippen molar-refractivity contribution < 1.29 is 0 Å². The molecule has 96 valence electrons. The van der Waals surface area contributed by atoms with Crippen LogP contribution in [0.4, 0.5) is 0 Å². The largest absolute Gasteiger partial charge is 0.322 e. The van der Waals surface area contributed by atoms with E-state index >= 15 is 0 Å². The van der Waals surface area contributed by atoms with E-state index in [9.17, 15) is 0 Å². The quantitative estimate of drug-likeness (QED) is 0.177. The van der Waals surface area contributed by atoms with Crippen molar-refractivity contribution in [2.75, 3.05) is 0 Å². The molecule has 0 heterocycles. The molecule has 0 saturated carbocycles. The average Bonchev–Trinajstić information content (AvgIpc) is 2.32. The Hall–Kier alpha value is -0.770. The van der Waals surface area contributed by atoms with Crippen LogP contribution in [-0.2, 0) is 0 Å². The van der Waals surface area contributed by atoms with Crippen molar-refractivity contribution in [2.24, 2.45) is 16.8 Å². The fourth-order valence-electron chi connectivity index (χ4n) is 1.78. The molecule has 0 fully saturated rings. The smallest absolute Gasteiger partial charge is 0.135 e. The number of nitrogens with two attached hydrogens (primary N) is 2. The summed E-state index contributed by atoms with van der Waals surface area (Å²) in [6, 6.07) is 0. The molecule has 0 aromatic heterocycles. The molecule has 0 aromatic carbocycles. The first kappa shape index (κ1) is 15.2. The van der Waals surface area contributed by atoms with Gasteiger partial charge < -0.3 is 11.3 Å². The highest BCUT2D eigenvalue weighted by atomic mass is 15.3. The Bertz CT molecular complexity index is 168. The summed E-state index contributed by atoms with van der Waals surface area (Å²) >= 11 is 0. The van der Waals surface area contributed by atoms with Gasteiger partial charge in [-0.25, -0.2) is 5.84 Å². The fourth-order valence-corrected chi connectivity index (χ4v) is 1.78. The maximum Gasteiger partial charge on any atom is 0.135 e. The summed E-state index contributed by atoms with van der Waals surface area (Å²) in [5.74, 6) is 11.1. The van der Waals surface area contributed by atoms with E-state index in [-0.39, 0.29) is 0 Å². The Morgan fingerprint density at radius 2 is 1.44 bits per heavy atom. The lowest BCUT2D eigenvalue weighted by atomic mass is 10.1. The normalized spacial score (nSPS) is 11.8. The zero-order valence-corrected chi connectivity index (χ0v) is 10.7. The molecular weight excluding hydrogens is 200 g/mol. The molecule has 5 N–H and O–H groups in total. The molecule has 4 heteroatoms. The van der Waals surface area contributed by atoms with Gasteiger partial charge in [0.1, 0.15) is 5.84 Å². The third-order valence-corrected chi connectivity index (χ3v) is 2.84. The van der Waals surface area contributed by atoms with Gasteiger partial charge in [-0.3, -0.25) is 0 Å². The van der Waals surface area contributed by atoms with Gasteiger partial charge in [-0.05, 0) is 6.42 Å². The Balaban J connectivity index is 3.09. The minimum absolute atomic E-state index is 0.697. The van der Waals surface area contributed by atoms with Crippen molar-refractivity contribution in [3.05, 3.63) is 0 Å². The van der Waals surface area contributed by atoms with E-state index in [1.54, 1.807) is 0 Å². The lowest BCUT2D eigenvalue weighted by Crippen LogP contribution is -2.31. The number of hydrogen-bond donors (Lipinski definition) is 3. The standard InChI is InChI=1S/C12H28N4/c1-2-3-4-5-6-7-8-9-10-11-12(15-13)16-14/h2-11,13-14H2,1H3,(H,15,16). The van der Waals surface area contributed by atoms with E-state index in [0.29, 0.717) is 5.84 Å². The predicted octanol–water partition coefficient (Wildman–Crippen LogP) is 2.64. The van der Waals surface area contributed by atoms with Crippen LogP contribution < -0.4 is 17.1 Å². The van der Waals surface area contributed by atoms with E-state index < -0.39 is 0 Å². The molecule has 0 spiro atoms. The SMILES string of the molecule is CCCCCCCCCCCC(=NN)NN. The average molecular weight is 228 g/mol. The van der Waals surface area contributed by atoms with Crippen LogP contribution in [0.1, 0.15) is 71.1 Å².